The van der Waals surface area contributed by atoms with Crippen LogP contribution < -0.4 is 5.32 Å². The number of carbonyl (C=O) groups excluding carboxylic acids is 2. The first-order valence-corrected chi connectivity index (χ1v) is 11.6. The lowest BCUT2D eigenvalue weighted by atomic mass is 10.0. The predicted molar refractivity (Wildman–Crippen MR) is 128 cm³/mol. The summed E-state index contributed by atoms with van der Waals surface area (Å²) in [5.41, 5.74) is 2.57. The number of nitrogens with one attached hydrogen (secondary N) is 1. The molecule has 2 fully saturated rings. The Morgan fingerprint density at radius 1 is 0.844 bits per heavy atom. The Hall–Kier alpha value is -3.18. The van der Waals surface area contributed by atoms with Gasteiger partial charge in [-0.1, -0.05) is 54.6 Å². The summed E-state index contributed by atoms with van der Waals surface area (Å²) >= 11 is 0. The molecule has 2 amide bonds. The smallest absolute Gasteiger partial charge is 0.256 e. The number of nitrogens with zero attached hydrogens (tertiary/aromatic N) is 2. The lowest BCUT2D eigenvalue weighted by Gasteiger charge is -2.35. The number of rotatable bonds is 6. The van der Waals surface area contributed by atoms with Gasteiger partial charge in [-0.25, -0.2) is 0 Å². The molecule has 0 aromatic heterocycles. The van der Waals surface area contributed by atoms with Crippen LogP contribution in [-0.2, 0) is 11.2 Å². The number of carbonyl (C=O) groups is 2. The van der Waals surface area contributed by atoms with Gasteiger partial charge in [0.15, 0.2) is 0 Å². The molecule has 0 unspecified atom stereocenters. The van der Waals surface area contributed by atoms with Crippen LogP contribution in [0.2, 0.25) is 0 Å². The van der Waals surface area contributed by atoms with Gasteiger partial charge in [-0.05, 0) is 47.7 Å². The molecule has 164 valence electrons. The number of anilines is 1. The zero-order chi connectivity index (χ0) is 21.9. The second kappa shape index (κ2) is 9.13. The number of hydrogen-bond donors (Lipinski definition) is 1. The van der Waals surface area contributed by atoms with Crippen molar-refractivity contribution in [3.8, 4) is 0 Å². The zero-order valence-electron chi connectivity index (χ0n) is 18.3. The molecule has 5 nitrogen and oxygen atoms in total. The molecule has 3 aromatic carbocycles. The predicted octanol–water partition coefficient (Wildman–Crippen LogP) is 4.19. The highest BCUT2D eigenvalue weighted by atomic mass is 16.2. The van der Waals surface area contributed by atoms with E-state index >= 15 is 0 Å². The largest absolute Gasteiger partial charge is 0.336 e. The molecule has 1 N–H and O–H groups in total. The first kappa shape index (κ1) is 20.7. The molecule has 1 saturated heterocycles. The summed E-state index contributed by atoms with van der Waals surface area (Å²) in [6, 6.07) is 22.4. The zero-order valence-corrected chi connectivity index (χ0v) is 18.3. The van der Waals surface area contributed by atoms with Gasteiger partial charge in [0.25, 0.3) is 5.91 Å². The van der Waals surface area contributed by atoms with Crippen LogP contribution in [0.4, 0.5) is 5.69 Å². The quantitative estimate of drug-likeness (QED) is 0.642. The molecule has 0 spiro atoms. The fourth-order valence-corrected chi connectivity index (χ4v) is 4.38. The third kappa shape index (κ3) is 4.68. The Bertz CT molecular complexity index is 1120. The van der Waals surface area contributed by atoms with E-state index in [1.165, 1.54) is 5.56 Å². The van der Waals surface area contributed by atoms with E-state index in [0.717, 1.165) is 49.7 Å². The number of hydrogen-bond acceptors (Lipinski definition) is 3. The minimum atomic E-state index is 0.00422. The SMILES string of the molecule is O=C(Nc1cc2ccccc2cc1C(=O)N1CCN(CCc2ccccc2)CC1)C1CC1. The van der Waals surface area contributed by atoms with Gasteiger partial charge in [0.1, 0.15) is 0 Å². The van der Waals surface area contributed by atoms with Gasteiger partial charge >= 0.3 is 0 Å². The molecule has 0 bridgehead atoms. The fraction of sp³-hybridized carbons (Fsp3) is 0.333. The fourth-order valence-electron chi connectivity index (χ4n) is 4.38. The lowest BCUT2D eigenvalue weighted by Crippen LogP contribution is -2.49. The summed E-state index contributed by atoms with van der Waals surface area (Å²) in [7, 11) is 0. The minimum Gasteiger partial charge on any atom is -0.336 e. The van der Waals surface area contributed by atoms with Gasteiger partial charge in [0.05, 0.1) is 11.3 Å². The van der Waals surface area contributed by atoms with Crippen LogP contribution in [0.1, 0.15) is 28.8 Å². The highest BCUT2D eigenvalue weighted by Gasteiger charge is 2.31. The molecular weight excluding hydrogens is 398 g/mol. The van der Waals surface area contributed by atoms with E-state index in [1.807, 2.05) is 47.4 Å². The van der Waals surface area contributed by atoms with E-state index in [1.54, 1.807) is 0 Å². The summed E-state index contributed by atoms with van der Waals surface area (Å²) in [6.45, 7) is 4.16. The Balaban J connectivity index is 1.28. The van der Waals surface area contributed by atoms with Crippen LogP contribution in [0.25, 0.3) is 10.8 Å². The maximum atomic E-state index is 13.5. The van der Waals surface area contributed by atoms with Gasteiger partial charge in [-0.2, -0.15) is 0 Å². The van der Waals surface area contributed by atoms with Gasteiger partial charge < -0.3 is 10.2 Å². The van der Waals surface area contributed by atoms with Crippen LogP contribution >= 0.6 is 0 Å². The molecule has 5 rings (SSSR count). The van der Waals surface area contributed by atoms with E-state index in [2.05, 4.69) is 34.5 Å². The van der Waals surface area contributed by atoms with Crippen molar-refractivity contribution in [1.29, 1.82) is 0 Å². The standard InChI is InChI=1S/C27H29N3O2/c31-26(21-10-11-21)28-25-19-23-9-5-4-8-22(23)18-24(25)27(32)30-16-14-29(15-17-30)13-12-20-6-2-1-3-7-20/h1-9,18-19,21H,10-17H2,(H,28,31). The molecule has 5 heteroatoms. The highest BCUT2D eigenvalue weighted by molar-refractivity contribution is 6.08. The highest BCUT2D eigenvalue weighted by Crippen LogP contribution is 2.32. The van der Waals surface area contributed by atoms with Crippen molar-refractivity contribution in [1.82, 2.24) is 9.80 Å². The summed E-state index contributed by atoms with van der Waals surface area (Å²) in [4.78, 5) is 30.3. The van der Waals surface area contributed by atoms with Crippen molar-refractivity contribution in [3.63, 3.8) is 0 Å². The summed E-state index contributed by atoms with van der Waals surface area (Å²) < 4.78 is 0. The Morgan fingerprint density at radius 2 is 1.50 bits per heavy atom. The monoisotopic (exact) mass is 427 g/mol. The van der Waals surface area contributed by atoms with Crippen LogP contribution in [0, 0.1) is 5.92 Å². The van der Waals surface area contributed by atoms with Crippen molar-refractivity contribution in [2.45, 2.75) is 19.3 Å². The first-order chi connectivity index (χ1) is 15.7. The van der Waals surface area contributed by atoms with E-state index in [-0.39, 0.29) is 17.7 Å². The third-order valence-electron chi connectivity index (χ3n) is 6.54. The molecule has 1 heterocycles. The summed E-state index contributed by atoms with van der Waals surface area (Å²) in [6.07, 6.45) is 2.90. The minimum absolute atomic E-state index is 0.00422. The molecule has 1 aliphatic heterocycles. The van der Waals surface area contributed by atoms with E-state index < -0.39 is 0 Å². The van der Waals surface area contributed by atoms with Crippen LogP contribution in [0.5, 0.6) is 0 Å². The van der Waals surface area contributed by atoms with E-state index in [4.69, 9.17) is 0 Å². The average molecular weight is 428 g/mol. The average Bonchev–Trinajstić information content (AvgIpc) is 3.69. The first-order valence-electron chi connectivity index (χ1n) is 11.6. The van der Waals surface area contributed by atoms with Crippen molar-refractivity contribution >= 4 is 28.3 Å². The molecule has 2 aliphatic rings. The second-order valence-electron chi connectivity index (χ2n) is 8.88. The van der Waals surface area contributed by atoms with E-state index in [9.17, 15) is 9.59 Å². The molecule has 1 saturated carbocycles. The molecular formula is C27H29N3O2. The van der Waals surface area contributed by atoms with Gasteiger partial charge in [0.2, 0.25) is 5.91 Å². The molecule has 1 aliphatic carbocycles. The van der Waals surface area contributed by atoms with Crippen LogP contribution in [0.15, 0.2) is 66.7 Å². The van der Waals surface area contributed by atoms with Gasteiger partial charge in [0, 0.05) is 38.6 Å². The maximum Gasteiger partial charge on any atom is 0.256 e. The van der Waals surface area contributed by atoms with Crippen LogP contribution in [-0.4, -0.2) is 54.3 Å². The third-order valence-corrected chi connectivity index (χ3v) is 6.54. The Kier molecular flexibility index (Phi) is 5.91. The van der Waals surface area contributed by atoms with Gasteiger partial charge in [-0.3, -0.25) is 14.5 Å². The van der Waals surface area contributed by atoms with E-state index in [0.29, 0.717) is 24.3 Å². The van der Waals surface area contributed by atoms with Crippen molar-refractivity contribution < 1.29 is 9.59 Å². The Labute approximate surface area is 189 Å². The maximum absolute atomic E-state index is 13.5. The van der Waals surface area contributed by atoms with Gasteiger partial charge in [-0.15, -0.1) is 0 Å². The van der Waals surface area contributed by atoms with Crippen molar-refractivity contribution in [3.05, 3.63) is 77.9 Å². The normalized spacial score (nSPS) is 16.8. The van der Waals surface area contributed by atoms with Crippen molar-refractivity contribution in [2.75, 3.05) is 38.0 Å². The summed E-state index contributed by atoms with van der Waals surface area (Å²) in [5, 5.41) is 5.08. The topological polar surface area (TPSA) is 52.7 Å². The Morgan fingerprint density at radius 3 is 2.19 bits per heavy atom. The number of amides is 2. The van der Waals surface area contributed by atoms with Crippen LogP contribution in [0.3, 0.4) is 0 Å². The summed E-state index contributed by atoms with van der Waals surface area (Å²) in [5.74, 6) is 0.127. The second-order valence-corrected chi connectivity index (χ2v) is 8.88. The number of piperazine rings is 1. The molecule has 0 atom stereocenters. The molecule has 32 heavy (non-hydrogen) atoms. The number of fused-ring (bicyclic) bond motifs is 1. The number of benzene rings is 3. The lowest BCUT2D eigenvalue weighted by molar-refractivity contribution is -0.117. The molecule has 3 aromatic rings. The van der Waals surface area contributed by atoms with Crippen molar-refractivity contribution in [2.24, 2.45) is 5.92 Å². The molecule has 0 radical (unpaired) electrons.